The first-order valence-electron chi connectivity index (χ1n) is 4.56. The SMILES string of the molecule is Clc1ccc(NCc2cc[nH]c2)cc1Br. The lowest BCUT2D eigenvalue weighted by atomic mass is 10.3. The molecule has 0 spiro atoms. The molecule has 4 heteroatoms. The van der Waals surface area contributed by atoms with Crippen molar-refractivity contribution in [3.8, 4) is 0 Å². The van der Waals surface area contributed by atoms with E-state index in [9.17, 15) is 0 Å². The summed E-state index contributed by atoms with van der Waals surface area (Å²) in [6.07, 6.45) is 3.88. The first-order valence-corrected chi connectivity index (χ1v) is 5.73. The Kier molecular flexibility index (Phi) is 3.34. The number of anilines is 1. The van der Waals surface area contributed by atoms with Gasteiger partial charge in [-0.2, -0.15) is 0 Å². The molecule has 0 amide bonds. The van der Waals surface area contributed by atoms with Crippen LogP contribution < -0.4 is 5.32 Å². The Hall–Kier alpha value is -0.930. The molecule has 15 heavy (non-hydrogen) atoms. The third-order valence-corrected chi connectivity index (χ3v) is 3.29. The highest BCUT2D eigenvalue weighted by Crippen LogP contribution is 2.25. The standard InChI is InChI=1S/C11H10BrClN2/c12-10-5-9(1-2-11(10)13)15-7-8-3-4-14-6-8/h1-6,14-15H,7H2. The van der Waals surface area contributed by atoms with E-state index >= 15 is 0 Å². The van der Waals surface area contributed by atoms with Crippen molar-refractivity contribution in [1.29, 1.82) is 0 Å². The molecule has 0 radical (unpaired) electrons. The van der Waals surface area contributed by atoms with Crippen LogP contribution in [0, 0.1) is 0 Å². The van der Waals surface area contributed by atoms with Gasteiger partial charge in [0.15, 0.2) is 0 Å². The van der Waals surface area contributed by atoms with Crippen LogP contribution in [0.15, 0.2) is 41.1 Å². The number of benzene rings is 1. The predicted molar refractivity (Wildman–Crippen MR) is 67.3 cm³/mol. The van der Waals surface area contributed by atoms with Gasteiger partial charge in [0.25, 0.3) is 0 Å². The molecule has 0 saturated carbocycles. The number of hydrogen-bond donors (Lipinski definition) is 2. The summed E-state index contributed by atoms with van der Waals surface area (Å²) in [5.74, 6) is 0. The summed E-state index contributed by atoms with van der Waals surface area (Å²) in [7, 11) is 0. The highest BCUT2D eigenvalue weighted by molar-refractivity contribution is 9.10. The van der Waals surface area contributed by atoms with E-state index in [0.29, 0.717) is 0 Å². The van der Waals surface area contributed by atoms with Crippen LogP contribution in [0.3, 0.4) is 0 Å². The van der Waals surface area contributed by atoms with Gasteiger partial charge in [0.05, 0.1) is 5.02 Å². The summed E-state index contributed by atoms with van der Waals surface area (Å²) < 4.78 is 0.906. The molecule has 2 rings (SSSR count). The summed E-state index contributed by atoms with van der Waals surface area (Å²) in [5.41, 5.74) is 2.27. The number of halogens is 2. The van der Waals surface area contributed by atoms with E-state index in [1.807, 2.05) is 36.7 Å². The molecule has 0 fully saturated rings. The van der Waals surface area contributed by atoms with Crippen LogP contribution in [0.5, 0.6) is 0 Å². The fourth-order valence-electron chi connectivity index (χ4n) is 1.28. The summed E-state index contributed by atoms with van der Waals surface area (Å²) in [4.78, 5) is 3.02. The second kappa shape index (κ2) is 4.73. The van der Waals surface area contributed by atoms with Gasteiger partial charge in [0.2, 0.25) is 0 Å². The number of aromatic nitrogens is 1. The molecular formula is C11H10BrClN2. The maximum atomic E-state index is 5.90. The number of hydrogen-bond acceptors (Lipinski definition) is 1. The zero-order valence-corrected chi connectivity index (χ0v) is 10.3. The average molecular weight is 286 g/mol. The van der Waals surface area contributed by atoms with Crippen molar-refractivity contribution in [3.63, 3.8) is 0 Å². The van der Waals surface area contributed by atoms with E-state index in [0.717, 1.165) is 21.7 Å². The summed E-state index contributed by atoms with van der Waals surface area (Å²) in [6.45, 7) is 0.803. The zero-order valence-electron chi connectivity index (χ0n) is 7.93. The average Bonchev–Trinajstić information content (AvgIpc) is 2.73. The molecule has 2 aromatic rings. The minimum absolute atomic E-state index is 0.724. The molecule has 0 aliphatic carbocycles. The Morgan fingerprint density at radius 3 is 2.87 bits per heavy atom. The highest BCUT2D eigenvalue weighted by Gasteiger charge is 1.98. The molecular weight excluding hydrogens is 275 g/mol. The van der Waals surface area contributed by atoms with Gasteiger partial charge in [-0.05, 0) is 45.8 Å². The maximum Gasteiger partial charge on any atom is 0.0549 e. The van der Waals surface area contributed by atoms with Crippen LogP contribution in [0.2, 0.25) is 5.02 Å². The lowest BCUT2D eigenvalue weighted by molar-refractivity contribution is 1.15. The van der Waals surface area contributed by atoms with Crippen molar-refractivity contribution >= 4 is 33.2 Å². The fraction of sp³-hybridized carbons (Fsp3) is 0.0909. The van der Waals surface area contributed by atoms with E-state index in [1.165, 1.54) is 5.56 Å². The largest absolute Gasteiger partial charge is 0.381 e. The molecule has 2 N–H and O–H groups in total. The molecule has 0 bridgehead atoms. The number of aromatic amines is 1. The predicted octanol–water partition coefficient (Wildman–Crippen LogP) is 4.04. The monoisotopic (exact) mass is 284 g/mol. The normalized spacial score (nSPS) is 10.3. The summed E-state index contributed by atoms with van der Waals surface area (Å²) >= 11 is 9.29. The van der Waals surface area contributed by atoms with Gasteiger partial charge in [0.1, 0.15) is 0 Å². The van der Waals surface area contributed by atoms with Crippen molar-refractivity contribution in [2.45, 2.75) is 6.54 Å². The number of rotatable bonds is 3. The molecule has 1 heterocycles. The van der Waals surface area contributed by atoms with Crippen LogP contribution in [0.25, 0.3) is 0 Å². The van der Waals surface area contributed by atoms with Gasteiger partial charge >= 0.3 is 0 Å². The van der Waals surface area contributed by atoms with Gasteiger partial charge in [-0.25, -0.2) is 0 Å². The van der Waals surface area contributed by atoms with Gasteiger partial charge < -0.3 is 10.3 Å². The van der Waals surface area contributed by atoms with Crippen molar-refractivity contribution in [1.82, 2.24) is 4.98 Å². The van der Waals surface area contributed by atoms with Gasteiger partial charge in [0, 0.05) is 29.1 Å². The minimum atomic E-state index is 0.724. The quantitative estimate of drug-likeness (QED) is 0.875. The van der Waals surface area contributed by atoms with E-state index in [2.05, 4.69) is 26.2 Å². The Labute approximate surface area is 102 Å². The van der Waals surface area contributed by atoms with Crippen molar-refractivity contribution in [3.05, 3.63) is 51.7 Å². The molecule has 0 aliphatic rings. The van der Waals surface area contributed by atoms with Crippen LogP contribution >= 0.6 is 27.5 Å². The van der Waals surface area contributed by atoms with Crippen LogP contribution in [0.1, 0.15) is 5.56 Å². The van der Waals surface area contributed by atoms with E-state index in [4.69, 9.17) is 11.6 Å². The molecule has 1 aromatic heterocycles. The topological polar surface area (TPSA) is 27.8 Å². The Bertz CT molecular complexity index is 440. The summed E-state index contributed by atoms with van der Waals surface area (Å²) in [6, 6.07) is 7.83. The van der Waals surface area contributed by atoms with Crippen LogP contribution in [-0.4, -0.2) is 4.98 Å². The first-order chi connectivity index (χ1) is 7.25. The Balaban J connectivity index is 2.02. The fourth-order valence-corrected chi connectivity index (χ4v) is 1.77. The molecule has 78 valence electrons. The van der Waals surface area contributed by atoms with Gasteiger partial charge in [-0.3, -0.25) is 0 Å². The van der Waals surface area contributed by atoms with Crippen molar-refractivity contribution in [2.75, 3.05) is 5.32 Å². The van der Waals surface area contributed by atoms with E-state index < -0.39 is 0 Å². The van der Waals surface area contributed by atoms with E-state index in [1.54, 1.807) is 0 Å². The number of nitrogens with one attached hydrogen (secondary N) is 2. The smallest absolute Gasteiger partial charge is 0.0549 e. The zero-order chi connectivity index (χ0) is 10.7. The molecule has 0 aliphatic heterocycles. The highest BCUT2D eigenvalue weighted by atomic mass is 79.9. The second-order valence-electron chi connectivity index (χ2n) is 3.20. The lowest BCUT2D eigenvalue weighted by Gasteiger charge is -2.06. The second-order valence-corrected chi connectivity index (χ2v) is 4.46. The molecule has 2 nitrogen and oxygen atoms in total. The maximum absolute atomic E-state index is 5.90. The van der Waals surface area contributed by atoms with Crippen LogP contribution in [0.4, 0.5) is 5.69 Å². The van der Waals surface area contributed by atoms with Gasteiger partial charge in [-0.1, -0.05) is 11.6 Å². The van der Waals surface area contributed by atoms with Gasteiger partial charge in [-0.15, -0.1) is 0 Å². The third kappa shape index (κ3) is 2.76. The van der Waals surface area contributed by atoms with E-state index in [-0.39, 0.29) is 0 Å². The summed E-state index contributed by atoms with van der Waals surface area (Å²) in [5, 5.41) is 4.03. The van der Waals surface area contributed by atoms with Crippen molar-refractivity contribution < 1.29 is 0 Å². The Morgan fingerprint density at radius 1 is 1.33 bits per heavy atom. The minimum Gasteiger partial charge on any atom is -0.381 e. The molecule has 1 aromatic carbocycles. The third-order valence-electron chi connectivity index (χ3n) is 2.08. The first kappa shape index (κ1) is 10.6. The molecule has 0 atom stereocenters. The van der Waals surface area contributed by atoms with Crippen LogP contribution in [-0.2, 0) is 6.54 Å². The lowest BCUT2D eigenvalue weighted by Crippen LogP contribution is -1.97. The Morgan fingerprint density at radius 2 is 2.20 bits per heavy atom. The molecule has 0 saturated heterocycles. The molecule has 0 unspecified atom stereocenters. The number of H-pyrrole nitrogens is 1. The van der Waals surface area contributed by atoms with Crippen molar-refractivity contribution in [2.24, 2.45) is 0 Å².